The van der Waals surface area contributed by atoms with Crippen molar-refractivity contribution in [3.63, 3.8) is 0 Å². The molecular weight excluding hydrogens is 200 g/mol. The zero-order valence-corrected chi connectivity index (χ0v) is 8.46. The molecule has 0 saturated heterocycles. The van der Waals surface area contributed by atoms with Crippen molar-refractivity contribution in [2.24, 2.45) is 0 Å². The van der Waals surface area contributed by atoms with Crippen molar-refractivity contribution in [3.05, 3.63) is 29.8 Å². The Bertz CT molecular complexity index is 312. The minimum Gasteiger partial charge on any atom is -0.508 e. The van der Waals surface area contributed by atoms with E-state index in [2.05, 4.69) is 0 Å². The summed E-state index contributed by atoms with van der Waals surface area (Å²) in [5, 5.41) is 17.6. The lowest BCUT2D eigenvalue weighted by Gasteiger charge is -2.00. The highest BCUT2D eigenvalue weighted by Gasteiger charge is 1.98. The fourth-order valence-corrected chi connectivity index (χ4v) is 1.87. The number of thioether (sulfide) groups is 1. The first-order chi connectivity index (χ1) is 6.68. The summed E-state index contributed by atoms with van der Waals surface area (Å²) in [6.07, 6.45) is 0.184. The second-order valence-corrected chi connectivity index (χ2v) is 3.97. The molecule has 0 aliphatic rings. The molecule has 76 valence electrons. The van der Waals surface area contributed by atoms with Crippen LogP contribution >= 0.6 is 11.8 Å². The number of benzene rings is 1. The van der Waals surface area contributed by atoms with E-state index in [-0.39, 0.29) is 12.2 Å². The molecule has 0 aromatic heterocycles. The van der Waals surface area contributed by atoms with Gasteiger partial charge in [-0.05, 0) is 17.7 Å². The van der Waals surface area contributed by atoms with Gasteiger partial charge in [0.05, 0.1) is 6.42 Å². The Hall–Kier alpha value is -1.16. The number of rotatable bonds is 5. The number of phenols is 1. The lowest BCUT2D eigenvalue weighted by atomic mass is 10.2. The monoisotopic (exact) mass is 212 g/mol. The first-order valence-electron chi connectivity index (χ1n) is 4.26. The van der Waals surface area contributed by atoms with Crippen LogP contribution in [0.4, 0.5) is 0 Å². The molecule has 14 heavy (non-hydrogen) atoms. The van der Waals surface area contributed by atoms with Gasteiger partial charge in [-0.3, -0.25) is 4.79 Å². The van der Waals surface area contributed by atoms with Crippen molar-refractivity contribution in [1.82, 2.24) is 0 Å². The third kappa shape index (κ3) is 4.18. The van der Waals surface area contributed by atoms with E-state index in [4.69, 9.17) is 10.2 Å². The molecule has 1 aromatic rings. The maximum atomic E-state index is 10.2. The summed E-state index contributed by atoms with van der Waals surface area (Å²) < 4.78 is 0. The second-order valence-electron chi connectivity index (χ2n) is 2.87. The van der Waals surface area contributed by atoms with E-state index >= 15 is 0 Å². The molecule has 0 radical (unpaired) electrons. The minimum atomic E-state index is -0.770. The lowest BCUT2D eigenvalue weighted by Crippen LogP contribution is -1.96. The van der Waals surface area contributed by atoms with Crippen molar-refractivity contribution < 1.29 is 15.0 Å². The topological polar surface area (TPSA) is 57.5 Å². The SMILES string of the molecule is O=C(O)CCSCc1cccc(O)c1. The van der Waals surface area contributed by atoms with Crippen LogP contribution < -0.4 is 0 Å². The van der Waals surface area contributed by atoms with Gasteiger partial charge in [-0.2, -0.15) is 11.8 Å². The molecule has 0 atom stereocenters. The Labute approximate surface area is 86.8 Å². The molecule has 0 aliphatic carbocycles. The van der Waals surface area contributed by atoms with Gasteiger partial charge in [0.15, 0.2) is 0 Å². The van der Waals surface area contributed by atoms with E-state index in [1.807, 2.05) is 6.07 Å². The summed E-state index contributed by atoms with van der Waals surface area (Å²) in [6, 6.07) is 7.00. The van der Waals surface area contributed by atoms with Gasteiger partial charge in [-0.25, -0.2) is 0 Å². The van der Waals surface area contributed by atoms with Gasteiger partial charge in [0, 0.05) is 11.5 Å². The number of phenolic OH excluding ortho intramolecular Hbond substituents is 1. The molecule has 2 N–H and O–H groups in total. The average molecular weight is 212 g/mol. The fraction of sp³-hybridized carbons (Fsp3) is 0.300. The summed E-state index contributed by atoms with van der Waals surface area (Å²) in [6.45, 7) is 0. The molecule has 1 aromatic carbocycles. The van der Waals surface area contributed by atoms with Gasteiger partial charge >= 0.3 is 5.97 Å². The Morgan fingerprint density at radius 3 is 2.86 bits per heavy atom. The van der Waals surface area contributed by atoms with Gasteiger partial charge in [0.1, 0.15) is 5.75 Å². The van der Waals surface area contributed by atoms with Gasteiger partial charge in [0.25, 0.3) is 0 Å². The van der Waals surface area contributed by atoms with Crippen LogP contribution in [0.1, 0.15) is 12.0 Å². The zero-order valence-electron chi connectivity index (χ0n) is 7.64. The largest absolute Gasteiger partial charge is 0.508 e. The molecule has 0 aliphatic heterocycles. The fourth-order valence-electron chi connectivity index (χ4n) is 0.996. The molecule has 0 amide bonds. The predicted octanol–water partition coefficient (Wildman–Crippen LogP) is 2.10. The quantitative estimate of drug-likeness (QED) is 0.734. The highest BCUT2D eigenvalue weighted by Crippen LogP contribution is 2.17. The van der Waals surface area contributed by atoms with Crippen molar-refractivity contribution >= 4 is 17.7 Å². The highest BCUT2D eigenvalue weighted by atomic mass is 32.2. The van der Waals surface area contributed by atoms with Crippen LogP contribution in [0.15, 0.2) is 24.3 Å². The Morgan fingerprint density at radius 2 is 2.21 bits per heavy atom. The first-order valence-corrected chi connectivity index (χ1v) is 5.41. The summed E-state index contributed by atoms with van der Waals surface area (Å²) in [7, 11) is 0. The van der Waals surface area contributed by atoms with E-state index in [0.29, 0.717) is 5.75 Å². The summed E-state index contributed by atoms with van der Waals surface area (Å²) in [5.41, 5.74) is 1.01. The number of carbonyl (C=O) groups is 1. The van der Waals surface area contributed by atoms with Crippen LogP contribution in [0.5, 0.6) is 5.75 Å². The Kier molecular flexibility index (Phi) is 4.32. The molecule has 1 rings (SSSR count). The van der Waals surface area contributed by atoms with Crippen molar-refractivity contribution in [1.29, 1.82) is 0 Å². The maximum absolute atomic E-state index is 10.2. The smallest absolute Gasteiger partial charge is 0.304 e. The minimum absolute atomic E-state index is 0.184. The molecule has 0 fully saturated rings. The number of hydrogen-bond acceptors (Lipinski definition) is 3. The van der Waals surface area contributed by atoms with Crippen molar-refractivity contribution in [2.45, 2.75) is 12.2 Å². The number of aliphatic carboxylic acids is 1. The number of aromatic hydroxyl groups is 1. The molecule has 0 spiro atoms. The van der Waals surface area contributed by atoms with Crippen LogP contribution in [0, 0.1) is 0 Å². The molecule has 0 unspecified atom stereocenters. The van der Waals surface area contributed by atoms with Crippen LogP contribution in [-0.4, -0.2) is 21.9 Å². The zero-order chi connectivity index (χ0) is 10.4. The third-order valence-corrected chi connectivity index (χ3v) is 2.67. The number of carboxylic acids is 1. The summed E-state index contributed by atoms with van der Waals surface area (Å²) >= 11 is 1.55. The number of carboxylic acid groups (broad SMARTS) is 1. The maximum Gasteiger partial charge on any atom is 0.304 e. The van der Waals surface area contributed by atoms with E-state index in [9.17, 15) is 4.79 Å². The van der Waals surface area contributed by atoms with Crippen LogP contribution in [0.3, 0.4) is 0 Å². The number of hydrogen-bond donors (Lipinski definition) is 2. The molecule has 3 nitrogen and oxygen atoms in total. The average Bonchev–Trinajstić information content (AvgIpc) is 2.12. The van der Waals surface area contributed by atoms with E-state index < -0.39 is 5.97 Å². The molecule has 0 heterocycles. The van der Waals surface area contributed by atoms with Gasteiger partial charge in [-0.1, -0.05) is 12.1 Å². The molecule has 0 saturated carbocycles. The van der Waals surface area contributed by atoms with Crippen LogP contribution in [0.2, 0.25) is 0 Å². The van der Waals surface area contributed by atoms with E-state index in [0.717, 1.165) is 11.3 Å². The van der Waals surface area contributed by atoms with E-state index in [1.54, 1.807) is 30.0 Å². The standard InChI is InChI=1S/C10H12O3S/c11-9-3-1-2-8(6-9)7-14-5-4-10(12)13/h1-3,6,11H,4-5,7H2,(H,12,13). The normalized spacial score (nSPS) is 10.0. The Balaban J connectivity index is 2.28. The second kappa shape index (κ2) is 5.54. The third-order valence-electron chi connectivity index (χ3n) is 1.64. The van der Waals surface area contributed by atoms with E-state index in [1.165, 1.54) is 0 Å². The van der Waals surface area contributed by atoms with Crippen molar-refractivity contribution in [2.75, 3.05) is 5.75 Å². The summed E-state index contributed by atoms with van der Waals surface area (Å²) in [5.74, 6) is 0.821. The van der Waals surface area contributed by atoms with Gasteiger partial charge in [0.2, 0.25) is 0 Å². The molecule has 0 bridgehead atoms. The highest BCUT2D eigenvalue weighted by molar-refractivity contribution is 7.98. The van der Waals surface area contributed by atoms with Crippen LogP contribution in [0.25, 0.3) is 0 Å². The van der Waals surface area contributed by atoms with Crippen molar-refractivity contribution in [3.8, 4) is 5.75 Å². The lowest BCUT2D eigenvalue weighted by molar-refractivity contribution is -0.136. The summed E-state index contributed by atoms with van der Waals surface area (Å²) in [4.78, 5) is 10.2. The predicted molar refractivity (Wildman–Crippen MR) is 56.5 cm³/mol. The first kappa shape index (κ1) is 10.9. The Morgan fingerprint density at radius 1 is 1.43 bits per heavy atom. The molecule has 4 heteroatoms. The van der Waals surface area contributed by atoms with Crippen LogP contribution in [-0.2, 0) is 10.5 Å². The van der Waals surface area contributed by atoms with Gasteiger partial charge in [-0.15, -0.1) is 0 Å². The molecular formula is C10H12O3S. The van der Waals surface area contributed by atoms with Gasteiger partial charge < -0.3 is 10.2 Å².